The summed E-state index contributed by atoms with van der Waals surface area (Å²) in [6, 6.07) is 15.6. The van der Waals surface area contributed by atoms with Gasteiger partial charge in [-0.25, -0.2) is 0 Å². The van der Waals surface area contributed by atoms with E-state index in [1.165, 1.54) is 4.90 Å². The van der Waals surface area contributed by atoms with Crippen LogP contribution in [-0.4, -0.2) is 18.8 Å². The smallest absolute Gasteiger partial charge is 0.224 e. The predicted octanol–water partition coefficient (Wildman–Crippen LogP) is 4.97. The van der Waals surface area contributed by atoms with Gasteiger partial charge in [0.2, 0.25) is 5.91 Å². The Kier molecular flexibility index (Phi) is 6.80. The van der Waals surface area contributed by atoms with E-state index in [9.17, 15) is 4.79 Å². The molecule has 1 amide bonds. The zero-order valence-electron chi connectivity index (χ0n) is 12.3. The van der Waals surface area contributed by atoms with E-state index in [-0.39, 0.29) is 5.91 Å². The quantitative estimate of drug-likeness (QED) is 0.545. The Bertz CT molecular complexity index is 599. The van der Waals surface area contributed by atoms with Crippen LogP contribution in [0.3, 0.4) is 0 Å². The number of thioether (sulfide) groups is 1. The van der Waals surface area contributed by atoms with Crippen LogP contribution in [0, 0.1) is 0 Å². The van der Waals surface area contributed by atoms with Crippen molar-refractivity contribution in [3.8, 4) is 5.75 Å². The van der Waals surface area contributed by atoms with Gasteiger partial charge in [0.15, 0.2) is 0 Å². The molecule has 0 atom stereocenters. The third-order valence-electron chi connectivity index (χ3n) is 3.00. The average Bonchev–Trinajstić information content (AvgIpc) is 2.54. The first-order valence-electron chi connectivity index (χ1n) is 6.99. The fraction of sp³-hybridized carbons (Fsp3) is 0.235. The molecule has 0 unspecified atom stereocenters. The highest BCUT2D eigenvalue weighted by atomic mass is 79.9. The van der Waals surface area contributed by atoms with E-state index < -0.39 is 0 Å². The number of methoxy groups -OCH3 is 1. The highest BCUT2D eigenvalue weighted by Crippen LogP contribution is 2.22. The highest BCUT2D eigenvalue weighted by molar-refractivity contribution is 9.10. The number of rotatable bonds is 7. The molecule has 2 aromatic carbocycles. The highest BCUT2D eigenvalue weighted by Gasteiger charge is 2.03. The molecule has 3 nitrogen and oxygen atoms in total. The Morgan fingerprint density at radius 2 is 1.82 bits per heavy atom. The van der Waals surface area contributed by atoms with Crippen LogP contribution < -0.4 is 10.1 Å². The summed E-state index contributed by atoms with van der Waals surface area (Å²) < 4.78 is 6.13. The van der Waals surface area contributed by atoms with E-state index in [2.05, 4.69) is 21.2 Å². The van der Waals surface area contributed by atoms with E-state index in [4.69, 9.17) is 4.74 Å². The minimum atomic E-state index is 0.0534. The standard InChI is InChI=1S/C17H18BrNO2S/c1-21-15-8-10-16(11-9-15)22-12-2-3-17(20)19-14-6-4-13(18)5-7-14/h4-11H,2-3,12H2,1H3,(H,19,20). The molecule has 0 saturated heterocycles. The van der Waals surface area contributed by atoms with Gasteiger partial charge in [0, 0.05) is 21.5 Å². The van der Waals surface area contributed by atoms with Gasteiger partial charge in [-0.1, -0.05) is 15.9 Å². The van der Waals surface area contributed by atoms with Gasteiger partial charge in [-0.2, -0.15) is 0 Å². The number of amides is 1. The maximum absolute atomic E-state index is 11.8. The maximum Gasteiger partial charge on any atom is 0.224 e. The van der Waals surface area contributed by atoms with Gasteiger partial charge in [-0.15, -0.1) is 11.8 Å². The summed E-state index contributed by atoms with van der Waals surface area (Å²) in [7, 11) is 1.66. The first kappa shape index (κ1) is 16.9. The van der Waals surface area contributed by atoms with Crippen molar-refractivity contribution in [2.45, 2.75) is 17.7 Å². The summed E-state index contributed by atoms with van der Waals surface area (Å²) in [5.74, 6) is 1.83. The summed E-state index contributed by atoms with van der Waals surface area (Å²) >= 11 is 5.12. The molecule has 1 N–H and O–H groups in total. The number of hydrogen-bond acceptors (Lipinski definition) is 3. The number of nitrogens with one attached hydrogen (secondary N) is 1. The van der Waals surface area contributed by atoms with E-state index in [1.54, 1.807) is 18.9 Å². The number of ether oxygens (including phenoxy) is 1. The largest absolute Gasteiger partial charge is 0.497 e. The average molecular weight is 380 g/mol. The molecule has 0 radical (unpaired) electrons. The number of carbonyl (C=O) groups is 1. The number of hydrogen-bond donors (Lipinski definition) is 1. The van der Waals surface area contributed by atoms with Crippen molar-refractivity contribution in [1.29, 1.82) is 0 Å². The Balaban J connectivity index is 1.67. The number of halogens is 1. The first-order valence-corrected chi connectivity index (χ1v) is 8.77. The second-order valence-electron chi connectivity index (χ2n) is 4.68. The SMILES string of the molecule is COc1ccc(SCCCC(=O)Nc2ccc(Br)cc2)cc1. The van der Waals surface area contributed by atoms with Crippen molar-refractivity contribution in [1.82, 2.24) is 0 Å². The van der Waals surface area contributed by atoms with E-state index >= 15 is 0 Å². The van der Waals surface area contributed by atoms with Gasteiger partial charge >= 0.3 is 0 Å². The molecule has 5 heteroatoms. The van der Waals surface area contributed by atoms with E-state index in [0.29, 0.717) is 6.42 Å². The van der Waals surface area contributed by atoms with Crippen LogP contribution in [0.2, 0.25) is 0 Å². The van der Waals surface area contributed by atoms with Crippen molar-refractivity contribution in [2.24, 2.45) is 0 Å². The summed E-state index contributed by atoms with van der Waals surface area (Å²) in [4.78, 5) is 13.0. The maximum atomic E-state index is 11.8. The zero-order valence-corrected chi connectivity index (χ0v) is 14.7. The number of anilines is 1. The van der Waals surface area contributed by atoms with Gasteiger partial charge in [-0.3, -0.25) is 4.79 Å². The minimum absolute atomic E-state index is 0.0534. The van der Waals surface area contributed by atoms with Gasteiger partial charge in [0.25, 0.3) is 0 Å². The van der Waals surface area contributed by atoms with Crippen molar-refractivity contribution in [3.05, 3.63) is 53.0 Å². The lowest BCUT2D eigenvalue weighted by Gasteiger charge is -2.06. The molecule has 0 saturated carbocycles. The molecule has 22 heavy (non-hydrogen) atoms. The Labute approximate surface area is 143 Å². The Hall–Kier alpha value is -1.46. The second-order valence-corrected chi connectivity index (χ2v) is 6.77. The Morgan fingerprint density at radius 3 is 2.45 bits per heavy atom. The van der Waals surface area contributed by atoms with Crippen molar-refractivity contribution < 1.29 is 9.53 Å². The molecule has 0 spiro atoms. The fourth-order valence-electron chi connectivity index (χ4n) is 1.85. The lowest BCUT2D eigenvalue weighted by molar-refractivity contribution is -0.116. The van der Waals surface area contributed by atoms with Crippen LogP contribution in [0.25, 0.3) is 0 Å². The summed E-state index contributed by atoms with van der Waals surface area (Å²) in [5, 5.41) is 2.90. The lowest BCUT2D eigenvalue weighted by Crippen LogP contribution is -2.11. The lowest BCUT2D eigenvalue weighted by atomic mass is 10.3. The van der Waals surface area contributed by atoms with Crippen molar-refractivity contribution >= 4 is 39.3 Å². The predicted molar refractivity (Wildman–Crippen MR) is 95.7 cm³/mol. The van der Waals surface area contributed by atoms with Crippen LogP contribution in [0.4, 0.5) is 5.69 Å². The molecule has 0 aliphatic carbocycles. The summed E-state index contributed by atoms with van der Waals surface area (Å²) in [6.45, 7) is 0. The van der Waals surface area contributed by atoms with Crippen LogP contribution in [0.15, 0.2) is 57.9 Å². The van der Waals surface area contributed by atoms with Crippen LogP contribution in [0.1, 0.15) is 12.8 Å². The van der Waals surface area contributed by atoms with E-state index in [1.807, 2.05) is 48.5 Å². The van der Waals surface area contributed by atoms with Crippen LogP contribution in [-0.2, 0) is 4.79 Å². The molecule has 0 fully saturated rings. The second kappa shape index (κ2) is 8.86. The number of benzene rings is 2. The third-order valence-corrected chi connectivity index (χ3v) is 4.63. The van der Waals surface area contributed by atoms with Crippen molar-refractivity contribution in [2.75, 3.05) is 18.2 Å². The number of carbonyl (C=O) groups excluding carboxylic acids is 1. The van der Waals surface area contributed by atoms with Crippen LogP contribution >= 0.6 is 27.7 Å². The minimum Gasteiger partial charge on any atom is -0.497 e. The molecule has 0 heterocycles. The summed E-state index contributed by atoms with van der Waals surface area (Å²) in [5.41, 5.74) is 0.830. The molecule has 0 aromatic heterocycles. The zero-order chi connectivity index (χ0) is 15.8. The topological polar surface area (TPSA) is 38.3 Å². The molecule has 0 bridgehead atoms. The first-order chi connectivity index (χ1) is 10.7. The van der Waals surface area contributed by atoms with Gasteiger partial charge in [0.05, 0.1) is 7.11 Å². The van der Waals surface area contributed by atoms with Gasteiger partial charge < -0.3 is 10.1 Å². The normalized spacial score (nSPS) is 10.3. The molecular formula is C17H18BrNO2S. The van der Waals surface area contributed by atoms with Gasteiger partial charge in [0.1, 0.15) is 5.75 Å². The van der Waals surface area contributed by atoms with Crippen molar-refractivity contribution in [3.63, 3.8) is 0 Å². The molecule has 2 aromatic rings. The molecule has 0 aliphatic heterocycles. The molecule has 116 valence electrons. The fourth-order valence-corrected chi connectivity index (χ4v) is 2.97. The third kappa shape index (κ3) is 5.73. The molecule has 0 aliphatic rings. The van der Waals surface area contributed by atoms with E-state index in [0.717, 1.165) is 28.1 Å². The van der Waals surface area contributed by atoms with Gasteiger partial charge in [-0.05, 0) is 60.7 Å². The molecular weight excluding hydrogens is 362 g/mol. The summed E-state index contributed by atoms with van der Waals surface area (Å²) in [6.07, 6.45) is 1.37. The van der Waals surface area contributed by atoms with Crippen LogP contribution in [0.5, 0.6) is 5.75 Å². The monoisotopic (exact) mass is 379 g/mol. The Morgan fingerprint density at radius 1 is 1.14 bits per heavy atom. The molecule has 2 rings (SSSR count).